The van der Waals surface area contributed by atoms with Crippen LogP contribution in [-0.4, -0.2) is 42.4 Å². The van der Waals surface area contributed by atoms with Gasteiger partial charge in [0.05, 0.1) is 21.8 Å². The standard InChI is InChI=1S/C21H21N5OS/c1-26(2)12-18(15-6-4-3-5-7-15)24-21-23-17(20(27)25-21)10-14-8-9-16-19(11-14)28-13-22-16/h3-11,13,18H,12H2,1-2H3,(H2,23,24,25,27)/b17-10-. The third kappa shape index (κ3) is 4.11. The van der Waals surface area contributed by atoms with Crippen LogP contribution in [0.4, 0.5) is 0 Å². The number of aliphatic imine (C=N–C) groups is 1. The molecule has 0 bridgehead atoms. The predicted octanol–water partition coefficient (Wildman–Crippen LogP) is 3.02. The minimum atomic E-state index is -0.181. The zero-order valence-corrected chi connectivity index (χ0v) is 16.5. The van der Waals surface area contributed by atoms with E-state index in [1.165, 1.54) is 0 Å². The van der Waals surface area contributed by atoms with Crippen LogP contribution in [-0.2, 0) is 4.79 Å². The number of hydrogen-bond donors (Lipinski definition) is 2. The van der Waals surface area contributed by atoms with Crippen molar-refractivity contribution in [3.05, 3.63) is 70.9 Å². The number of benzene rings is 2. The molecule has 7 heteroatoms. The Balaban J connectivity index is 1.58. The lowest BCUT2D eigenvalue weighted by atomic mass is 10.1. The molecule has 1 fully saturated rings. The largest absolute Gasteiger partial charge is 0.321 e. The molecule has 0 radical (unpaired) electrons. The lowest BCUT2D eigenvalue weighted by Gasteiger charge is -2.18. The Bertz CT molecular complexity index is 1050. The first-order chi connectivity index (χ1) is 13.6. The zero-order valence-electron chi connectivity index (χ0n) is 15.7. The van der Waals surface area contributed by atoms with E-state index >= 15 is 0 Å². The summed E-state index contributed by atoms with van der Waals surface area (Å²) in [6.45, 7) is 0.742. The van der Waals surface area contributed by atoms with Crippen LogP contribution in [0.3, 0.4) is 0 Å². The summed E-state index contributed by atoms with van der Waals surface area (Å²) in [7, 11) is 4.02. The molecule has 1 amide bonds. The maximum Gasteiger partial charge on any atom is 0.274 e. The van der Waals surface area contributed by atoms with E-state index in [9.17, 15) is 4.79 Å². The van der Waals surface area contributed by atoms with Gasteiger partial charge in [0.15, 0.2) is 0 Å². The van der Waals surface area contributed by atoms with E-state index in [-0.39, 0.29) is 11.9 Å². The average Bonchev–Trinajstić information content (AvgIpc) is 3.28. The van der Waals surface area contributed by atoms with Gasteiger partial charge in [-0.05, 0) is 43.4 Å². The van der Waals surface area contributed by atoms with Crippen molar-refractivity contribution in [2.24, 2.45) is 4.99 Å². The normalized spacial score (nSPS) is 18.0. The molecule has 28 heavy (non-hydrogen) atoms. The van der Waals surface area contributed by atoms with Gasteiger partial charge in [-0.2, -0.15) is 0 Å². The van der Waals surface area contributed by atoms with E-state index in [0.29, 0.717) is 11.7 Å². The third-order valence-electron chi connectivity index (χ3n) is 4.40. The summed E-state index contributed by atoms with van der Waals surface area (Å²) >= 11 is 1.58. The molecule has 142 valence electrons. The van der Waals surface area contributed by atoms with Crippen LogP contribution in [0, 0.1) is 0 Å². The van der Waals surface area contributed by atoms with Gasteiger partial charge in [-0.25, -0.2) is 9.98 Å². The number of thiazole rings is 1. The van der Waals surface area contributed by atoms with E-state index in [4.69, 9.17) is 4.99 Å². The molecule has 4 rings (SSSR count). The maximum absolute atomic E-state index is 12.4. The second-order valence-corrected chi connectivity index (χ2v) is 7.77. The summed E-state index contributed by atoms with van der Waals surface area (Å²) in [5.41, 5.74) is 5.32. The number of hydrogen-bond acceptors (Lipinski definition) is 5. The summed E-state index contributed by atoms with van der Waals surface area (Å²) in [6.07, 6.45) is 1.83. The average molecular weight is 392 g/mol. The van der Waals surface area contributed by atoms with Crippen molar-refractivity contribution >= 4 is 39.5 Å². The van der Waals surface area contributed by atoms with Crippen molar-refractivity contribution in [2.75, 3.05) is 20.6 Å². The van der Waals surface area contributed by atoms with Crippen molar-refractivity contribution in [3.8, 4) is 0 Å². The number of nitrogens with zero attached hydrogens (tertiary/aromatic N) is 3. The zero-order chi connectivity index (χ0) is 19.5. The number of fused-ring (bicyclic) bond motifs is 1. The highest BCUT2D eigenvalue weighted by Gasteiger charge is 2.23. The summed E-state index contributed by atoms with van der Waals surface area (Å²) in [4.78, 5) is 23.5. The van der Waals surface area contributed by atoms with E-state index < -0.39 is 0 Å². The highest BCUT2D eigenvalue weighted by molar-refractivity contribution is 7.16. The van der Waals surface area contributed by atoms with Crippen LogP contribution >= 0.6 is 11.3 Å². The molecule has 1 atom stereocenters. The molecule has 1 saturated heterocycles. The number of guanidine groups is 1. The van der Waals surface area contributed by atoms with Gasteiger partial charge in [0.2, 0.25) is 5.96 Å². The van der Waals surface area contributed by atoms with Crippen molar-refractivity contribution in [1.29, 1.82) is 0 Å². The molecule has 1 unspecified atom stereocenters. The summed E-state index contributed by atoms with van der Waals surface area (Å²) in [6, 6.07) is 16.0. The topological polar surface area (TPSA) is 69.6 Å². The van der Waals surface area contributed by atoms with Crippen molar-refractivity contribution in [3.63, 3.8) is 0 Å². The molecular formula is C21H21N5OS. The minimum Gasteiger partial charge on any atom is -0.321 e. The summed E-state index contributed by atoms with van der Waals surface area (Å²) in [5.74, 6) is 0.297. The number of carbonyl (C=O) groups is 1. The van der Waals surface area contributed by atoms with Gasteiger partial charge in [-0.3, -0.25) is 10.1 Å². The summed E-state index contributed by atoms with van der Waals surface area (Å²) in [5, 5.41) is 5.96. The molecule has 2 N–H and O–H groups in total. The number of nitrogens with one attached hydrogen (secondary N) is 2. The van der Waals surface area contributed by atoms with E-state index in [1.54, 1.807) is 11.3 Å². The van der Waals surface area contributed by atoms with Crippen LogP contribution in [0.15, 0.2) is 64.7 Å². The molecular weight excluding hydrogens is 370 g/mol. The second kappa shape index (κ2) is 7.92. The van der Waals surface area contributed by atoms with Crippen molar-refractivity contribution in [2.45, 2.75) is 6.04 Å². The quantitative estimate of drug-likeness (QED) is 0.656. The smallest absolute Gasteiger partial charge is 0.274 e. The minimum absolute atomic E-state index is 0.0770. The SMILES string of the molecule is CN(C)CC(N=C1NC(=O)/C(=C/c2ccc3ncsc3c2)N1)c1ccccc1. The fourth-order valence-electron chi connectivity index (χ4n) is 3.08. The molecule has 1 aliphatic rings. The van der Waals surface area contributed by atoms with Gasteiger partial charge in [-0.15, -0.1) is 11.3 Å². The lowest BCUT2D eigenvalue weighted by molar-refractivity contribution is -0.115. The molecule has 2 aromatic carbocycles. The van der Waals surface area contributed by atoms with E-state index in [1.807, 2.05) is 62.1 Å². The van der Waals surface area contributed by atoms with Gasteiger partial charge >= 0.3 is 0 Å². The van der Waals surface area contributed by atoms with Gasteiger partial charge in [-0.1, -0.05) is 36.4 Å². The highest BCUT2D eigenvalue weighted by atomic mass is 32.1. The van der Waals surface area contributed by atoms with Gasteiger partial charge in [0.25, 0.3) is 5.91 Å². The van der Waals surface area contributed by atoms with Crippen LogP contribution in [0.1, 0.15) is 17.2 Å². The molecule has 1 aromatic heterocycles. The predicted molar refractivity (Wildman–Crippen MR) is 114 cm³/mol. The highest BCUT2D eigenvalue weighted by Crippen LogP contribution is 2.21. The van der Waals surface area contributed by atoms with Gasteiger partial charge < -0.3 is 10.2 Å². The molecule has 2 heterocycles. The maximum atomic E-state index is 12.4. The number of rotatable bonds is 5. The first-order valence-corrected chi connectivity index (χ1v) is 9.87. The third-order valence-corrected chi connectivity index (χ3v) is 5.20. The first-order valence-electron chi connectivity index (χ1n) is 8.99. The Morgan fingerprint density at radius 2 is 2.00 bits per heavy atom. The number of carbonyl (C=O) groups excluding carboxylic acids is 1. The van der Waals surface area contributed by atoms with Crippen molar-refractivity contribution in [1.82, 2.24) is 20.5 Å². The molecule has 6 nitrogen and oxygen atoms in total. The van der Waals surface area contributed by atoms with Gasteiger partial charge in [0, 0.05) is 6.54 Å². The Labute approximate surface area is 167 Å². The Morgan fingerprint density at radius 3 is 2.79 bits per heavy atom. The number of aromatic nitrogens is 1. The lowest BCUT2D eigenvalue weighted by Crippen LogP contribution is -2.28. The Kier molecular flexibility index (Phi) is 5.18. The monoisotopic (exact) mass is 391 g/mol. The van der Waals surface area contributed by atoms with E-state index in [2.05, 4.69) is 32.7 Å². The van der Waals surface area contributed by atoms with Crippen LogP contribution in [0.2, 0.25) is 0 Å². The fraction of sp³-hybridized carbons (Fsp3) is 0.190. The van der Waals surface area contributed by atoms with Crippen LogP contribution in [0.25, 0.3) is 16.3 Å². The summed E-state index contributed by atoms with van der Waals surface area (Å²) < 4.78 is 1.09. The van der Waals surface area contributed by atoms with Crippen LogP contribution in [0.5, 0.6) is 0 Å². The number of amides is 1. The Hall–Kier alpha value is -3.03. The first kappa shape index (κ1) is 18.3. The fourth-order valence-corrected chi connectivity index (χ4v) is 3.81. The molecule has 1 aliphatic heterocycles. The molecule has 0 saturated carbocycles. The number of likely N-dealkylation sites (N-methyl/N-ethyl adjacent to an activating group) is 1. The Morgan fingerprint density at radius 1 is 1.18 bits per heavy atom. The van der Waals surface area contributed by atoms with Crippen LogP contribution < -0.4 is 10.6 Å². The van der Waals surface area contributed by atoms with Gasteiger partial charge in [0.1, 0.15) is 5.70 Å². The molecule has 0 aliphatic carbocycles. The molecule has 3 aromatic rings. The molecule has 0 spiro atoms. The van der Waals surface area contributed by atoms with Crippen molar-refractivity contribution < 1.29 is 4.79 Å². The van der Waals surface area contributed by atoms with E-state index in [0.717, 1.165) is 27.9 Å². The second-order valence-electron chi connectivity index (χ2n) is 6.88.